The molecule has 0 bridgehead atoms. The number of allylic oxidation sites excluding steroid dienone is 4. The molecule has 0 fully saturated rings. The molecule has 0 spiro atoms. The second-order valence-corrected chi connectivity index (χ2v) is 21.3. The smallest absolute Gasteiger partial charge is 0.338 e. The van der Waals surface area contributed by atoms with Crippen LogP contribution in [0.25, 0.3) is 0 Å². The lowest BCUT2D eigenvalue weighted by Gasteiger charge is -2.27. The van der Waals surface area contributed by atoms with Crippen LogP contribution in [0.15, 0.2) is 48.2 Å². The number of benzene rings is 2. The van der Waals surface area contributed by atoms with Gasteiger partial charge in [-0.25, -0.2) is 24.4 Å². The monoisotopic (exact) mass is 993 g/mol. The number of rotatable bonds is 24. The van der Waals surface area contributed by atoms with Crippen molar-refractivity contribution in [3.8, 4) is 0 Å². The molecular formula is C39H49N2O20S4+. The van der Waals surface area contributed by atoms with E-state index in [1.165, 1.54) is 12.1 Å². The number of carboxylic acids is 2. The summed E-state index contributed by atoms with van der Waals surface area (Å²) in [5, 5.41) is 32.0. The molecule has 358 valence electrons. The van der Waals surface area contributed by atoms with Gasteiger partial charge in [0.15, 0.2) is 5.71 Å². The van der Waals surface area contributed by atoms with E-state index < -0.39 is 88.9 Å². The Morgan fingerprint density at radius 1 is 0.723 bits per heavy atom. The summed E-state index contributed by atoms with van der Waals surface area (Å²) in [7, 11) is -13.3. The van der Waals surface area contributed by atoms with Gasteiger partial charge in [-0.1, -0.05) is 25.0 Å². The first-order chi connectivity index (χ1) is 30.1. The lowest BCUT2D eigenvalue weighted by atomic mass is 9.78. The Hall–Kier alpha value is -4.77. The number of carbonyl (C=O) groups excluding carboxylic acids is 2. The number of carbonyl (C=O) groups is 4. The van der Waals surface area contributed by atoms with Crippen molar-refractivity contribution in [1.29, 1.82) is 0 Å². The predicted octanol–water partition coefficient (Wildman–Crippen LogP) is 4.30. The second kappa shape index (κ2) is 21.2. The van der Waals surface area contributed by atoms with Gasteiger partial charge in [-0.15, -0.1) is 4.33 Å². The third kappa shape index (κ3) is 13.6. The quantitative estimate of drug-likeness (QED) is 0.0162. The van der Waals surface area contributed by atoms with E-state index in [9.17, 15) is 63.8 Å². The van der Waals surface area contributed by atoms with Gasteiger partial charge in [-0.2, -0.15) is 29.8 Å². The zero-order valence-corrected chi connectivity index (χ0v) is 38.7. The van der Waals surface area contributed by atoms with Crippen LogP contribution in [0, 0.1) is 0 Å². The second-order valence-electron chi connectivity index (χ2n) is 15.8. The number of hydrogen-bond donors (Lipinski definition) is 6. The molecule has 2 heterocycles. The summed E-state index contributed by atoms with van der Waals surface area (Å²) in [6.07, 6.45) is 4.34. The van der Waals surface area contributed by atoms with E-state index in [-0.39, 0.29) is 90.3 Å². The third-order valence-corrected chi connectivity index (χ3v) is 13.4. The van der Waals surface area contributed by atoms with Gasteiger partial charge >= 0.3 is 23.9 Å². The van der Waals surface area contributed by atoms with E-state index in [0.717, 1.165) is 24.2 Å². The van der Waals surface area contributed by atoms with Crippen LogP contribution in [0.1, 0.15) is 106 Å². The van der Waals surface area contributed by atoms with Gasteiger partial charge in [0.2, 0.25) is 5.69 Å². The third-order valence-electron chi connectivity index (χ3n) is 10.4. The van der Waals surface area contributed by atoms with E-state index in [2.05, 4.69) is 9.37 Å². The van der Waals surface area contributed by atoms with Gasteiger partial charge < -0.3 is 24.6 Å². The molecule has 0 saturated carbocycles. The van der Waals surface area contributed by atoms with Crippen molar-refractivity contribution in [2.45, 2.75) is 64.2 Å². The van der Waals surface area contributed by atoms with Gasteiger partial charge in [0.1, 0.15) is 6.54 Å². The highest BCUT2D eigenvalue weighted by Gasteiger charge is 2.48. The average Bonchev–Trinajstić information content (AvgIpc) is 3.53. The van der Waals surface area contributed by atoms with Crippen molar-refractivity contribution in [3.05, 3.63) is 81.6 Å². The first-order valence-corrected chi connectivity index (χ1v) is 25.3. The molecule has 0 unspecified atom stereocenters. The molecule has 2 aliphatic heterocycles. The Morgan fingerprint density at radius 3 is 1.80 bits per heavy atom. The zero-order valence-electron chi connectivity index (χ0n) is 35.5. The SMILES string of the molecule is CC1(C)C(/C=C/C=C2/N(CCCS(=O)(=O)O)c3cc(C(=O)O)cc(C(=O)OCCCS(=O)(=O)O)c3C2(C)C)=[N+](CCCS(=O)(=O)O)c2cc(C(=O)O)cc(C(=O)OCCCSOOO)c21. The Kier molecular flexibility index (Phi) is 17.3. The average molecular weight is 994 g/mol. The largest absolute Gasteiger partial charge is 0.478 e. The van der Waals surface area contributed by atoms with E-state index >= 15 is 0 Å². The minimum Gasteiger partial charge on any atom is -0.478 e. The van der Waals surface area contributed by atoms with Crippen molar-refractivity contribution in [2.75, 3.05) is 54.2 Å². The Bertz CT molecular complexity index is 2640. The maximum absolute atomic E-state index is 13.7. The highest BCUT2D eigenvalue weighted by molar-refractivity contribution is 7.94. The molecule has 0 atom stereocenters. The van der Waals surface area contributed by atoms with E-state index in [4.69, 9.17) is 19.3 Å². The maximum Gasteiger partial charge on any atom is 0.338 e. The molecule has 2 aliphatic rings. The summed E-state index contributed by atoms with van der Waals surface area (Å²) in [6.45, 7) is 5.96. The number of anilines is 1. The Morgan fingerprint density at radius 2 is 1.25 bits per heavy atom. The summed E-state index contributed by atoms with van der Waals surface area (Å²) in [5.74, 6) is -6.59. The minimum atomic E-state index is -4.46. The number of nitrogens with zero attached hydrogens (tertiary/aromatic N) is 2. The number of ether oxygens (including phenoxy) is 2. The fourth-order valence-electron chi connectivity index (χ4n) is 7.77. The van der Waals surface area contributed by atoms with Crippen molar-refractivity contribution in [2.24, 2.45) is 0 Å². The summed E-state index contributed by atoms with van der Waals surface area (Å²) in [6, 6.07) is 4.81. The molecule has 4 rings (SSSR count). The fraction of sp³-hybridized carbons (Fsp3) is 0.462. The predicted molar refractivity (Wildman–Crippen MR) is 233 cm³/mol. The van der Waals surface area contributed by atoms with Crippen LogP contribution < -0.4 is 4.90 Å². The number of hydrogen-bond acceptors (Lipinski definition) is 17. The lowest BCUT2D eigenvalue weighted by molar-refractivity contribution is -0.437. The van der Waals surface area contributed by atoms with Gasteiger partial charge in [-0.3, -0.25) is 13.7 Å². The van der Waals surface area contributed by atoms with Crippen LogP contribution in [0.3, 0.4) is 0 Å². The molecule has 0 radical (unpaired) electrons. The molecule has 2 aromatic carbocycles. The van der Waals surface area contributed by atoms with Crippen molar-refractivity contribution >= 4 is 83.4 Å². The number of carboxylic acid groups (broad SMARTS) is 2. The Balaban J connectivity index is 1.89. The lowest BCUT2D eigenvalue weighted by Crippen LogP contribution is -2.30. The first kappa shape index (κ1) is 52.9. The molecule has 26 heteroatoms. The summed E-state index contributed by atoms with van der Waals surface area (Å²) >= 11 is 0.733. The minimum absolute atomic E-state index is 0.111. The highest BCUT2D eigenvalue weighted by atomic mass is 32.2. The van der Waals surface area contributed by atoms with Crippen molar-refractivity contribution < 1.29 is 97.0 Å². The molecule has 0 aromatic heterocycles. The van der Waals surface area contributed by atoms with Crippen LogP contribution in [-0.2, 0) is 60.0 Å². The topological polar surface area (TPSA) is 335 Å². The molecule has 2 aromatic rings. The van der Waals surface area contributed by atoms with Crippen LogP contribution in [0.5, 0.6) is 0 Å². The van der Waals surface area contributed by atoms with Crippen LogP contribution in [-0.4, -0.2) is 138 Å². The number of esters is 2. The van der Waals surface area contributed by atoms with Gasteiger partial charge in [-0.05, 0) is 57.4 Å². The summed E-state index contributed by atoms with van der Waals surface area (Å²) < 4.78 is 114. The van der Waals surface area contributed by atoms with Crippen LogP contribution in [0.2, 0.25) is 0 Å². The Labute approximate surface area is 378 Å². The standard InChI is InChI=1S/C39H48N2O20S4/c1-38(2)30(40(12-6-17-63(49,50)51)28-22-24(34(42)43)20-26(32(28)38)36(46)58-14-8-16-62-61-60-48)10-5-11-31-39(3,4)33-27(37(47)59-15-9-19-65(55,56)57)21-25(35(44)45)23-29(33)41(31)13-7-18-64(52,53)54/h5,10-11,20-23H,6-9,12-19H2,1-4H3,(H5-,42,43,44,45,48,49,50,51,52,53,54,55,56,57)/p+1. The molecular weight excluding hydrogens is 945 g/mol. The molecule has 0 amide bonds. The summed E-state index contributed by atoms with van der Waals surface area (Å²) in [4.78, 5) is 53.6. The van der Waals surface area contributed by atoms with Crippen LogP contribution in [0.4, 0.5) is 11.4 Å². The van der Waals surface area contributed by atoms with Gasteiger partial charge in [0, 0.05) is 65.3 Å². The van der Waals surface area contributed by atoms with Crippen molar-refractivity contribution in [3.63, 3.8) is 0 Å². The highest BCUT2D eigenvalue weighted by Crippen LogP contribution is 2.50. The number of fused-ring (bicyclic) bond motifs is 2. The summed E-state index contributed by atoms with van der Waals surface area (Å²) in [5.41, 5.74) is -1.61. The normalized spacial score (nSPS) is 16.2. The van der Waals surface area contributed by atoms with E-state index in [1.54, 1.807) is 55.4 Å². The number of aromatic carboxylic acids is 2. The molecule has 6 N–H and O–H groups in total. The van der Waals surface area contributed by atoms with E-state index in [1.807, 2.05) is 0 Å². The van der Waals surface area contributed by atoms with E-state index in [0.29, 0.717) is 17.0 Å². The fourth-order valence-corrected chi connectivity index (χ4v) is 9.59. The molecule has 22 nitrogen and oxygen atoms in total. The molecule has 0 saturated heterocycles. The first-order valence-electron chi connectivity index (χ1n) is 19.5. The molecule has 0 aliphatic carbocycles. The van der Waals surface area contributed by atoms with Crippen LogP contribution >= 0.6 is 12.0 Å². The van der Waals surface area contributed by atoms with Crippen molar-refractivity contribution in [1.82, 2.24) is 0 Å². The zero-order chi connectivity index (χ0) is 48.7. The molecule has 65 heavy (non-hydrogen) atoms. The maximum atomic E-state index is 13.7. The van der Waals surface area contributed by atoms with Gasteiger partial charge in [0.05, 0.1) is 63.7 Å². The van der Waals surface area contributed by atoms with Gasteiger partial charge in [0.25, 0.3) is 30.4 Å².